The number of carbonyl (C=O) groups is 2. The fourth-order valence-corrected chi connectivity index (χ4v) is 6.78. The molecule has 0 aromatic heterocycles. The lowest BCUT2D eigenvalue weighted by Gasteiger charge is -2.31. The van der Waals surface area contributed by atoms with Gasteiger partial charge in [0, 0.05) is 32.1 Å². The van der Waals surface area contributed by atoms with Crippen LogP contribution in [0.5, 0.6) is 0 Å². The summed E-state index contributed by atoms with van der Waals surface area (Å²) in [5.41, 5.74) is 1.38. The summed E-state index contributed by atoms with van der Waals surface area (Å²) in [6.07, 6.45) is 2.60. The molecule has 2 aliphatic rings. The van der Waals surface area contributed by atoms with Crippen molar-refractivity contribution in [2.24, 2.45) is 5.92 Å². The van der Waals surface area contributed by atoms with Gasteiger partial charge < -0.3 is 25.2 Å². The van der Waals surface area contributed by atoms with Gasteiger partial charge in [-0.2, -0.15) is 4.31 Å². The fourth-order valence-electron chi connectivity index (χ4n) is 5.24. The molecule has 2 aromatic rings. The third-order valence-electron chi connectivity index (χ3n) is 7.37. The van der Waals surface area contributed by atoms with Gasteiger partial charge in [-0.15, -0.1) is 0 Å². The lowest BCUT2D eigenvalue weighted by molar-refractivity contribution is -0.114. The molecule has 10 nitrogen and oxygen atoms in total. The predicted molar refractivity (Wildman–Crippen MR) is 150 cm³/mol. The third-order valence-corrected chi connectivity index (χ3v) is 9.21. The molecular weight excluding hydrogens is 534 g/mol. The number of aliphatic hydroxyl groups is 1. The molecule has 0 spiro atoms. The van der Waals surface area contributed by atoms with Crippen molar-refractivity contribution in [1.82, 2.24) is 9.62 Å². The van der Waals surface area contributed by atoms with Crippen molar-refractivity contribution in [3.8, 4) is 0 Å². The third kappa shape index (κ3) is 8.50. The Balaban J connectivity index is 1.54. The van der Waals surface area contributed by atoms with E-state index in [9.17, 15) is 23.1 Å². The Bertz CT molecular complexity index is 1210. The van der Waals surface area contributed by atoms with Crippen LogP contribution in [-0.2, 0) is 30.7 Å². The van der Waals surface area contributed by atoms with Crippen LogP contribution in [0.1, 0.15) is 44.6 Å². The topological polar surface area (TPSA) is 134 Å². The Kier molecular flexibility index (Phi) is 10.5. The summed E-state index contributed by atoms with van der Waals surface area (Å²) in [5.74, 6) is -0.0639. The van der Waals surface area contributed by atoms with Crippen LogP contribution >= 0.6 is 0 Å². The van der Waals surface area contributed by atoms with Crippen LogP contribution < -0.4 is 10.6 Å². The van der Waals surface area contributed by atoms with E-state index in [-0.39, 0.29) is 35.9 Å². The van der Waals surface area contributed by atoms with Crippen LogP contribution in [0.2, 0.25) is 0 Å². The molecule has 3 atom stereocenters. The van der Waals surface area contributed by atoms with E-state index >= 15 is 0 Å². The van der Waals surface area contributed by atoms with E-state index in [2.05, 4.69) is 10.6 Å². The molecule has 2 aromatic carbocycles. The van der Waals surface area contributed by atoms with Gasteiger partial charge in [-0.05, 0) is 55.0 Å². The number of ether oxygens (including phenoxy) is 2. The second kappa shape index (κ2) is 14.1. The van der Waals surface area contributed by atoms with Crippen molar-refractivity contribution in [1.29, 1.82) is 0 Å². The molecule has 11 heteroatoms. The van der Waals surface area contributed by atoms with Gasteiger partial charge in [-0.1, -0.05) is 43.2 Å². The van der Waals surface area contributed by atoms with Crippen LogP contribution in [0.3, 0.4) is 0 Å². The zero-order valence-electron chi connectivity index (χ0n) is 22.8. The highest BCUT2D eigenvalue weighted by Gasteiger charge is 2.34. The first-order valence-electron chi connectivity index (χ1n) is 13.9. The first-order valence-corrected chi connectivity index (χ1v) is 15.3. The van der Waals surface area contributed by atoms with Crippen molar-refractivity contribution < 1.29 is 32.6 Å². The minimum absolute atomic E-state index is 0.0695. The van der Waals surface area contributed by atoms with Gasteiger partial charge in [0.25, 0.3) is 0 Å². The summed E-state index contributed by atoms with van der Waals surface area (Å²) in [4.78, 5) is 24.2. The van der Waals surface area contributed by atoms with Crippen LogP contribution in [0.25, 0.3) is 0 Å². The average molecular weight is 574 g/mol. The molecule has 1 saturated carbocycles. The molecule has 1 saturated heterocycles. The van der Waals surface area contributed by atoms with Crippen molar-refractivity contribution in [3.63, 3.8) is 0 Å². The number of anilines is 1. The Labute approximate surface area is 236 Å². The van der Waals surface area contributed by atoms with Crippen molar-refractivity contribution in [3.05, 3.63) is 60.2 Å². The summed E-state index contributed by atoms with van der Waals surface area (Å²) in [6, 6.07) is 14.6. The predicted octanol–water partition coefficient (Wildman–Crippen LogP) is 3.31. The van der Waals surface area contributed by atoms with Crippen LogP contribution in [0.4, 0.5) is 10.5 Å². The Hall–Kier alpha value is -2.99. The summed E-state index contributed by atoms with van der Waals surface area (Å²) in [5, 5.41) is 16.8. The largest absolute Gasteiger partial charge is 0.444 e. The molecule has 40 heavy (non-hydrogen) atoms. The normalized spacial score (nSPS) is 19.3. The summed E-state index contributed by atoms with van der Waals surface area (Å²) >= 11 is 0. The van der Waals surface area contributed by atoms with Gasteiger partial charge in [0.1, 0.15) is 6.10 Å². The number of nitrogens with zero attached hydrogens (tertiary/aromatic N) is 1. The minimum Gasteiger partial charge on any atom is -0.444 e. The highest BCUT2D eigenvalue weighted by molar-refractivity contribution is 7.89. The number of alkyl carbamates (subject to hydrolysis) is 1. The molecule has 1 aliphatic heterocycles. The van der Waals surface area contributed by atoms with Gasteiger partial charge in [0.15, 0.2) is 0 Å². The molecule has 0 radical (unpaired) electrons. The summed E-state index contributed by atoms with van der Waals surface area (Å²) in [7, 11) is -3.98. The Morgan fingerprint density at radius 1 is 1.07 bits per heavy atom. The van der Waals surface area contributed by atoms with E-state index in [0.717, 1.165) is 31.2 Å². The molecule has 2 fully saturated rings. The number of amides is 2. The van der Waals surface area contributed by atoms with E-state index in [1.54, 1.807) is 12.1 Å². The number of hydrogen-bond acceptors (Lipinski definition) is 7. The van der Waals surface area contributed by atoms with Crippen LogP contribution in [-0.4, -0.2) is 74.4 Å². The molecule has 0 bridgehead atoms. The van der Waals surface area contributed by atoms with Crippen molar-refractivity contribution >= 4 is 27.7 Å². The molecule has 1 heterocycles. The minimum atomic E-state index is -3.98. The zero-order valence-corrected chi connectivity index (χ0v) is 23.6. The number of nitrogens with one attached hydrogen (secondary N) is 2. The van der Waals surface area contributed by atoms with Gasteiger partial charge in [0.2, 0.25) is 15.9 Å². The van der Waals surface area contributed by atoms with Gasteiger partial charge >= 0.3 is 6.09 Å². The van der Waals surface area contributed by atoms with Crippen LogP contribution in [0, 0.1) is 5.92 Å². The molecule has 3 N–H and O–H groups in total. The molecule has 4 rings (SSSR count). The first kappa shape index (κ1) is 30.0. The SMILES string of the molecule is CC(=O)Nc1ccc(S(=O)(=O)N(CC2CCCC2)C[C@@H](O)[C@H](Cc2ccccc2)NC(=O)O[C@H]2CCOC2)cc1. The lowest BCUT2D eigenvalue weighted by atomic mass is 10.0. The molecular formula is C29H39N3O7S. The molecule has 2 amide bonds. The summed E-state index contributed by atoms with van der Waals surface area (Å²) < 4.78 is 39.7. The van der Waals surface area contributed by atoms with E-state index < -0.39 is 28.3 Å². The van der Waals surface area contributed by atoms with Gasteiger partial charge in [0.05, 0.1) is 30.3 Å². The fraction of sp³-hybridized carbons (Fsp3) is 0.517. The standard InChI is InChI=1S/C29H39N3O7S/c1-21(33)30-24-11-13-26(14-12-24)40(36,37)32(18-23-9-5-6-10-23)19-28(34)27(17-22-7-3-2-4-8-22)31-29(35)39-25-15-16-38-20-25/h2-4,7-8,11-14,23,25,27-28,34H,5-6,9-10,15-20H2,1H3,(H,30,33)(H,31,35)/t25-,27-,28+/m0/s1. The molecule has 0 unspecified atom stereocenters. The second-order valence-electron chi connectivity index (χ2n) is 10.6. The number of benzene rings is 2. The molecule has 218 valence electrons. The van der Waals surface area contributed by atoms with E-state index in [4.69, 9.17) is 9.47 Å². The number of sulfonamides is 1. The monoisotopic (exact) mass is 573 g/mol. The number of carbonyl (C=O) groups excluding carboxylic acids is 2. The van der Waals surface area contributed by atoms with E-state index in [0.29, 0.717) is 31.7 Å². The van der Waals surface area contributed by atoms with Gasteiger partial charge in [-0.3, -0.25) is 4.79 Å². The van der Waals surface area contributed by atoms with E-state index in [1.165, 1.54) is 23.4 Å². The maximum Gasteiger partial charge on any atom is 0.407 e. The van der Waals surface area contributed by atoms with Crippen molar-refractivity contribution in [2.45, 2.75) is 68.6 Å². The Morgan fingerprint density at radius 3 is 2.40 bits per heavy atom. The average Bonchev–Trinajstić information content (AvgIpc) is 3.63. The lowest BCUT2D eigenvalue weighted by Crippen LogP contribution is -2.51. The highest BCUT2D eigenvalue weighted by atomic mass is 32.2. The van der Waals surface area contributed by atoms with E-state index in [1.807, 2.05) is 30.3 Å². The number of hydrogen-bond donors (Lipinski definition) is 3. The maximum atomic E-state index is 13.8. The maximum absolute atomic E-state index is 13.8. The van der Waals surface area contributed by atoms with Crippen molar-refractivity contribution in [2.75, 3.05) is 31.6 Å². The number of rotatable bonds is 12. The Morgan fingerprint density at radius 2 is 1.77 bits per heavy atom. The number of aliphatic hydroxyl groups excluding tert-OH is 1. The first-order chi connectivity index (χ1) is 19.2. The van der Waals surface area contributed by atoms with Crippen LogP contribution in [0.15, 0.2) is 59.5 Å². The zero-order chi connectivity index (χ0) is 28.5. The second-order valence-corrected chi connectivity index (χ2v) is 12.5. The van der Waals surface area contributed by atoms with Gasteiger partial charge in [-0.25, -0.2) is 13.2 Å². The molecule has 1 aliphatic carbocycles. The highest BCUT2D eigenvalue weighted by Crippen LogP contribution is 2.28. The quantitative estimate of drug-likeness (QED) is 0.355. The summed E-state index contributed by atoms with van der Waals surface area (Å²) in [6.45, 7) is 2.30. The smallest absolute Gasteiger partial charge is 0.407 e.